The van der Waals surface area contributed by atoms with Gasteiger partial charge in [0.1, 0.15) is 0 Å². The predicted octanol–water partition coefficient (Wildman–Crippen LogP) is 2.77. The van der Waals surface area contributed by atoms with Gasteiger partial charge in [-0.2, -0.15) is 0 Å². The summed E-state index contributed by atoms with van der Waals surface area (Å²) in [5, 5.41) is 0. The molecular formula is C16H18O3. The minimum atomic E-state index is -0.388. The summed E-state index contributed by atoms with van der Waals surface area (Å²) in [6, 6.07) is 0. The molecule has 3 nitrogen and oxygen atoms in total. The average Bonchev–Trinajstić information content (AvgIpc) is 3.17. The highest BCUT2D eigenvalue weighted by molar-refractivity contribution is 6.03. The third-order valence-corrected chi connectivity index (χ3v) is 5.31. The van der Waals surface area contributed by atoms with E-state index in [1.165, 1.54) is 12.8 Å². The summed E-state index contributed by atoms with van der Waals surface area (Å²) in [7, 11) is 0. The summed E-state index contributed by atoms with van der Waals surface area (Å²) in [6.45, 7) is 0. The Hall–Kier alpha value is -1.38. The van der Waals surface area contributed by atoms with E-state index in [0.29, 0.717) is 23.7 Å². The molecule has 4 unspecified atom stereocenters. The Bertz CT molecular complexity index is 468. The average molecular weight is 258 g/mol. The lowest BCUT2D eigenvalue weighted by molar-refractivity contribution is -0.154. The molecule has 4 aliphatic rings. The fraction of sp³-hybridized carbons (Fsp3) is 0.625. The van der Waals surface area contributed by atoms with Crippen LogP contribution in [0.2, 0.25) is 0 Å². The first-order valence-electron chi connectivity index (χ1n) is 7.40. The van der Waals surface area contributed by atoms with Crippen molar-refractivity contribution in [3.8, 4) is 0 Å². The van der Waals surface area contributed by atoms with Crippen LogP contribution in [-0.2, 0) is 14.3 Å². The fourth-order valence-electron chi connectivity index (χ4n) is 4.35. The summed E-state index contributed by atoms with van der Waals surface area (Å²) in [4.78, 5) is 24.1. The van der Waals surface area contributed by atoms with Crippen molar-refractivity contribution in [3.63, 3.8) is 0 Å². The molecule has 4 atom stereocenters. The molecule has 4 bridgehead atoms. The maximum Gasteiger partial charge on any atom is 0.341 e. The number of rotatable bonds is 2. The van der Waals surface area contributed by atoms with Crippen LogP contribution in [0.5, 0.6) is 0 Å². The van der Waals surface area contributed by atoms with E-state index in [4.69, 9.17) is 4.74 Å². The minimum Gasteiger partial charge on any atom is -0.386 e. The Morgan fingerprint density at radius 1 is 0.842 bits per heavy atom. The van der Waals surface area contributed by atoms with Gasteiger partial charge < -0.3 is 4.74 Å². The molecule has 0 spiro atoms. The zero-order valence-corrected chi connectivity index (χ0v) is 10.9. The van der Waals surface area contributed by atoms with E-state index in [2.05, 4.69) is 0 Å². The highest BCUT2D eigenvalue weighted by Crippen LogP contribution is 2.45. The third kappa shape index (κ3) is 1.78. The third-order valence-electron chi connectivity index (χ3n) is 5.31. The van der Waals surface area contributed by atoms with Gasteiger partial charge in [-0.1, -0.05) is 12.2 Å². The predicted molar refractivity (Wildman–Crippen MR) is 68.9 cm³/mol. The molecule has 0 aliphatic heterocycles. The molecule has 0 aromatic heterocycles. The van der Waals surface area contributed by atoms with Crippen molar-refractivity contribution in [2.24, 2.45) is 23.7 Å². The lowest BCUT2D eigenvalue weighted by Gasteiger charge is -2.14. The summed E-state index contributed by atoms with van der Waals surface area (Å²) in [6.07, 6.45) is 10.7. The topological polar surface area (TPSA) is 43.4 Å². The number of carbonyl (C=O) groups is 2. The van der Waals surface area contributed by atoms with E-state index in [1.807, 2.05) is 12.2 Å². The second kappa shape index (κ2) is 4.06. The molecular weight excluding hydrogens is 240 g/mol. The van der Waals surface area contributed by atoms with E-state index in [-0.39, 0.29) is 11.9 Å². The summed E-state index contributed by atoms with van der Waals surface area (Å²) < 4.78 is 5.11. The minimum absolute atomic E-state index is 0.347. The second-order valence-corrected chi connectivity index (χ2v) is 6.46. The van der Waals surface area contributed by atoms with Gasteiger partial charge in [0.15, 0.2) is 0 Å². The molecule has 19 heavy (non-hydrogen) atoms. The number of allylic oxidation sites excluding steroid dienone is 2. The highest BCUT2D eigenvalue weighted by atomic mass is 16.6. The standard InChI is InChI=1S/C16H18O3/c17-15(13-7-9-1-3-11(13)5-9)19-16(18)14-8-10-2-4-12(14)6-10/h7-12H,1-6H2. The van der Waals surface area contributed by atoms with E-state index in [0.717, 1.165) is 36.8 Å². The zero-order valence-electron chi connectivity index (χ0n) is 10.9. The number of hydrogen-bond acceptors (Lipinski definition) is 3. The van der Waals surface area contributed by atoms with Gasteiger partial charge in [-0.05, 0) is 62.2 Å². The molecule has 2 saturated carbocycles. The first kappa shape index (κ1) is 11.4. The highest BCUT2D eigenvalue weighted by Gasteiger charge is 2.40. The molecule has 0 N–H and O–H groups in total. The van der Waals surface area contributed by atoms with Gasteiger partial charge in [0, 0.05) is 11.1 Å². The first-order chi connectivity index (χ1) is 9.20. The van der Waals surface area contributed by atoms with Gasteiger partial charge in [0.25, 0.3) is 0 Å². The molecule has 3 heteroatoms. The maximum absolute atomic E-state index is 12.1. The van der Waals surface area contributed by atoms with Crippen molar-refractivity contribution < 1.29 is 14.3 Å². The normalized spacial score (nSPS) is 38.3. The molecule has 0 heterocycles. The number of fused-ring (bicyclic) bond motifs is 4. The zero-order chi connectivity index (χ0) is 13.0. The van der Waals surface area contributed by atoms with Crippen LogP contribution in [0.3, 0.4) is 0 Å². The van der Waals surface area contributed by atoms with Crippen LogP contribution in [0.4, 0.5) is 0 Å². The van der Waals surface area contributed by atoms with Gasteiger partial charge in [-0.25, -0.2) is 9.59 Å². The van der Waals surface area contributed by atoms with E-state index < -0.39 is 0 Å². The Kier molecular flexibility index (Phi) is 2.44. The van der Waals surface area contributed by atoms with Crippen molar-refractivity contribution in [2.45, 2.75) is 38.5 Å². The molecule has 0 aromatic carbocycles. The van der Waals surface area contributed by atoms with Crippen LogP contribution in [0.25, 0.3) is 0 Å². The Morgan fingerprint density at radius 2 is 1.32 bits per heavy atom. The van der Waals surface area contributed by atoms with Crippen LogP contribution in [0, 0.1) is 23.7 Å². The molecule has 0 amide bonds. The van der Waals surface area contributed by atoms with Crippen molar-refractivity contribution in [2.75, 3.05) is 0 Å². The number of ether oxygens (including phenoxy) is 1. The summed E-state index contributed by atoms with van der Waals surface area (Å²) in [5.41, 5.74) is 1.52. The van der Waals surface area contributed by atoms with Gasteiger partial charge in [0.2, 0.25) is 0 Å². The number of esters is 2. The van der Waals surface area contributed by atoms with E-state index in [1.54, 1.807) is 0 Å². The number of hydrogen-bond donors (Lipinski definition) is 0. The van der Waals surface area contributed by atoms with Gasteiger partial charge in [-0.3, -0.25) is 0 Å². The van der Waals surface area contributed by atoms with Crippen molar-refractivity contribution >= 4 is 11.9 Å². The first-order valence-corrected chi connectivity index (χ1v) is 7.40. The van der Waals surface area contributed by atoms with Gasteiger partial charge >= 0.3 is 11.9 Å². The molecule has 2 fully saturated rings. The Labute approximate surface area is 112 Å². The van der Waals surface area contributed by atoms with Crippen LogP contribution in [0.1, 0.15) is 38.5 Å². The Morgan fingerprint density at radius 3 is 1.63 bits per heavy atom. The quantitative estimate of drug-likeness (QED) is 0.565. The van der Waals surface area contributed by atoms with Crippen molar-refractivity contribution in [1.29, 1.82) is 0 Å². The van der Waals surface area contributed by atoms with Crippen LogP contribution in [0.15, 0.2) is 23.3 Å². The van der Waals surface area contributed by atoms with Crippen molar-refractivity contribution in [3.05, 3.63) is 23.3 Å². The van der Waals surface area contributed by atoms with Crippen LogP contribution in [-0.4, -0.2) is 11.9 Å². The van der Waals surface area contributed by atoms with Crippen LogP contribution < -0.4 is 0 Å². The fourth-order valence-corrected chi connectivity index (χ4v) is 4.35. The van der Waals surface area contributed by atoms with Gasteiger partial charge in [-0.15, -0.1) is 0 Å². The maximum atomic E-state index is 12.1. The molecule has 100 valence electrons. The summed E-state index contributed by atoms with van der Waals surface area (Å²) in [5.74, 6) is 1.01. The largest absolute Gasteiger partial charge is 0.386 e. The Balaban J connectivity index is 1.45. The smallest absolute Gasteiger partial charge is 0.341 e. The monoisotopic (exact) mass is 258 g/mol. The van der Waals surface area contributed by atoms with Crippen molar-refractivity contribution in [1.82, 2.24) is 0 Å². The second-order valence-electron chi connectivity index (χ2n) is 6.46. The van der Waals surface area contributed by atoms with Crippen LogP contribution >= 0.6 is 0 Å². The van der Waals surface area contributed by atoms with E-state index in [9.17, 15) is 9.59 Å². The molecule has 0 radical (unpaired) electrons. The lowest BCUT2D eigenvalue weighted by Crippen LogP contribution is -2.21. The molecule has 0 saturated heterocycles. The van der Waals surface area contributed by atoms with E-state index >= 15 is 0 Å². The molecule has 4 aliphatic carbocycles. The molecule has 0 aromatic rings. The SMILES string of the molecule is O=C(OC(=O)C1=CC2CCC1C2)C1=CC2CCC1C2. The summed E-state index contributed by atoms with van der Waals surface area (Å²) >= 11 is 0. The number of carbonyl (C=O) groups excluding carboxylic acids is 2. The van der Waals surface area contributed by atoms with Gasteiger partial charge in [0.05, 0.1) is 0 Å². The molecule has 4 rings (SSSR count). The lowest BCUT2D eigenvalue weighted by atomic mass is 9.98.